The second-order valence-electron chi connectivity index (χ2n) is 22.2. The summed E-state index contributed by atoms with van der Waals surface area (Å²) in [6, 6.07) is -0.888. The zero-order chi connectivity index (χ0) is 52.9. The lowest BCUT2D eigenvalue weighted by Crippen LogP contribution is -2.47. The highest BCUT2D eigenvalue weighted by atomic mass is 31.2. The van der Waals surface area contributed by atoms with Crippen LogP contribution >= 0.6 is 7.82 Å². The summed E-state index contributed by atoms with van der Waals surface area (Å²) < 4.78 is 30.3. The van der Waals surface area contributed by atoms with Gasteiger partial charge in [-0.3, -0.25) is 14.2 Å². The first-order chi connectivity index (χ1) is 34.9. The van der Waals surface area contributed by atoms with E-state index in [4.69, 9.17) is 13.8 Å². The summed E-state index contributed by atoms with van der Waals surface area (Å²) in [5.41, 5.74) is 0. The van der Waals surface area contributed by atoms with Crippen LogP contribution in [0.5, 0.6) is 0 Å². The second kappa shape index (κ2) is 52.7. The van der Waals surface area contributed by atoms with Gasteiger partial charge in [0.2, 0.25) is 5.91 Å². The van der Waals surface area contributed by atoms with Crippen LogP contribution in [0.1, 0.15) is 297 Å². The fourth-order valence-electron chi connectivity index (χ4n) is 9.02. The monoisotopic (exact) mass is 1030 g/mol. The number of nitrogens with one attached hydrogen (secondary N) is 1. The van der Waals surface area contributed by atoms with E-state index in [1.54, 1.807) is 0 Å². The summed E-state index contributed by atoms with van der Waals surface area (Å²) in [5.74, 6) is -0.537. The fraction of sp³-hybridized carbons (Fsp3) is 0.871. The average Bonchev–Trinajstić information content (AvgIpc) is 3.34. The minimum atomic E-state index is -4.69. The van der Waals surface area contributed by atoms with Gasteiger partial charge in [0, 0.05) is 12.8 Å². The van der Waals surface area contributed by atoms with E-state index < -0.39 is 20.0 Å². The summed E-state index contributed by atoms with van der Waals surface area (Å²) in [6.45, 7) is 6.84. The molecule has 3 atom stereocenters. The minimum absolute atomic E-state index is 0.0218. The van der Waals surface area contributed by atoms with Crippen LogP contribution in [0.15, 0.2) is 36.5 Å². The van der Waals surface area contributed by atoms with Crippen LogP contribution in [0, 0.1) is 0 Å². The van der Waals surface area contributed by atoms with E-state index in [1.165, 1.54) is 186 Å². The zero-order valence-electron chi connectivity index (χ0n) is 48.4. The van der Waals surface area contributed by atoms with Gasteiger partial charge in [0.05, 0.1) is 33.8 Å². The molecule has 1 amide bonds. The molecule has 0 saturated carbocycles. The molecule has 0 aliphatic heterocycles. The van der Waals surface area contributed by atoms with Crippen molar-refractivity contribution in [3.05, 3.63) is 36.5 Å². The molecule has 0 rings (SSSR count). The molecule has 0 radical (unpaired) electrons. The number of ether oxygens (including phenoxy) is 1. The first-order valence-electron chi connectivity index (χ1n) is 30.8. The number of hydrogen-bond donors (Lipinski definition) is 1. The molecule has 0 bridgehead atoms. The summed E-state index contributed by atoms with van der Waals surface area (Å²) in [7, 11) is 1.19. The molecule has 10 heteroatoms. The number of nitrogens with zero attached hydrogens (tertiary/aromatic N) is 1. The van der Waals surface area contributed by atoms with Gasteiger partial charge in [0.1, 0.15) is 19.3 Å². The second-order valence-corrected chi connectivity index (χ2v) is 23.6. The number of rotatable bonds is 56. The van der Waals surface area contributed by atoms with E-state index in [2.05, 4.69) is 50.4 Å². The van der Waals surface area contributed by atoms with Crippen molar-refractivity contribution in [3.63, 3.8) is 0 Å². The molecule has 9 nitrogen and oxygen atoms in total. The number of phosphoric ester groups is 1. The lowest BCUT2D eigenvalue weighted by molar-refractivity contribution is -0.870. The van der Waals surface area contributed by atoms with Crippen molar-refractivity contribution in [2.75, 3.05) is 40.9 Å². The Hall–Kier alpha value is -1.77. The molecule has 0 aliphatic carbocycles. The number of carbonyl (C=O) groups excluding carboxylic acids is 2. The summed E-state index contributed by atoms with van der Waals surface area (Å²) >= 11 is 0. The number of phosphoric acid groups is 1. The first kappa shape index (κ1) is 70.2. The van der Waals surface area contributed by atoms with Gasteiger partial charge in [-0.25, -0.2) is 0 Å². The van der Waals surface area contributed by atoms with Gasteiger partial charge in [0.15, 0.2) is 0 Å². The van der Waals surface area contributed by atoms with Crippen molar-refractivity contribution in [1.29, 1.82) is 0 Å². The van der Waals surface area contributed by atoms with Crippen LogP contribution in [0.2, 0.25) is 0 Å². The van der Waals surface area contributed by atoms with Crippen LogP contribution in [0.3, 0.4) is 0 Å². The quantitative estimate of drug-likeness (QED) is 0.0212. The van der Waals surface area contributed by atoms with E-state index in [0.717, 1.165) is 77.0 Å². The molecule has 0 aliphatic rings. The molecular formula is C62H119N2O7P. The third-order valence-corrected chi connectivity index (χ3v) is 14.8. The number of quaternary nitrogens is 1. The van der Waals surface area contributed by atoms with Crippen molar-refractivity contribution in [2.24, 2.45) is 0 Å². The first-order valence-corrected chi connectivity index (χ1v) is 32.3. The van der Waals surface area contributed by atoms with E-state index >= 15 is 0 Å². The summed E-state index contributed by atoms with van der Waals surface area (Å²) in [4.78, 5) is 39.9. The molecule has 72 heavy (non-hydrogen) atoms. The van der Waals surface area contributed by atoms with E-state index in [0.29, 0.717) is 17.4 Å². The number of esters is 1. The highest BCUT2D eigenvalue weighted by Gasteiger charge is 2.27. The third-order valence-electron chi connectivity index (χ3n) is 13.8. The van der Waals surface area contributed by atoms with Crippen molar-refractivity contribution < 1.29 is 37.3 Å². The Morgan fingerprint density at radius 2 is 0.847 bits per heavy atom. The Morgan fingerprint density at radius 3 is 1.28 bits per heavy atom. The predicted molar refractivity (Wildman–Crippen MR) is 307 cm³/mol. The van der Waals surface area contributed by atoms with Gasteiger partial charge < -0.3 is 28.5 Å². The van der Waals surface area contributed by atoms with Crippen molar-refractivity contribution in [2.45, 2.75) is 309 Å². The van der Waals surface area contributed by atoms with Crippen LogP contribution in [-0.4, -0.2) is 69.4 Å². The van der Waals surface area contributed by atoms with Crippen LogP contribution in [0.25, 0.3) is 0 Å². The number of amides is 1. The molecule has 1 N–H and O–H groups in total. The molecule has 424 valence electrons. The third kappa shape index (κ3) is 53.1. The predicted octanol–water partition coefficient (Wildman–Crippen LogP) is 18.1. The Labute approximate surface area is 446 Å². The molecule has 3 unspecified atom stereocenters. The maximum atomic E-state index is 13.5. The van der Waals surface area contributed by atoms with E-state index in [9.17, 15) is 19.0 Å². The SMILES string of the molecule is CCCCC/C=C\C/C=C\CCCCCCCCCC(=O)NC(COP(=O)([O-])OCC[N+](C)(C)C)C(/C=C/CCCCCCCCCCCC)OC(=O)CCCCCCCCCCCCCCCCCCC. The smallest absolute Gasteiger partial charge is 0.306 e. The Bertz CT molecular complexity index is 1330. The van der Waals surface area contributed by atoms with Gasteiger partial charge in [-0.1, -0.05) is 257 Å². The lowest BCUT2D eigenvalue weighted by Gasteiger charge is -2.30. The molecule has 0 heterocycles. The molecule has 0 saturated heterocycles. The van der Waals surface area contributed by atoms with Gasteiger partial charge in [-0.2, -0.15) is 0 Å². The number of carbonyl (C=O) groups is 2. The molecule has 0 aromatic heterocycles. The highest BCUT2D eigenvalue weighted by molar-refractivity contribution is 7.45. The average molecular weight is 1040 g/mol. The van der Waals surface area contributed by atoms with Crippen LogP contribution in [-0.2, 0) is 27.9 Å². The topological polar surface area (TPSA) is 114 Å². The number of hydrogen-bond acceptors (Lipinski definition) is 7. The maximum Gasteiger partial charge on any atom is 0.306 e. The Balaban J connectivity index is 5.26. The molecular weight excluding hydrogens is 916 g/mol. The normalized spacial score (nSPS) is 13.9. The van der Waals surface area contributed by atoms with E-state index in [1.807, 2.05) is 33.3 Å². The summed E-state index contributed by atoms with van der Waals surface area (Å²) in [6.07, 6.45) is 62.4. The number of unbranched alkanes of at least 4 members (excludes halogenated alkanes) is 36. The molecule has 0 aromatic carbocycles. The standard InChI is InChI=1S/C62H119N2O7P/c1-7-10-13-16-19-22-25-28-30-32-34-36-39-42-45-48-51-54-61(65)63-59(58-70-72(67,68)69-57-56-64(4,5)6)60(53-50-47-44-41-38-27-24-21-18-15-12-9-3)71-62(66)55-52-49-46-43-40-37-35-33-31-29-26-23-20-17-14-11-8-2/h19,22,28,30,50,53,59-60H,7-18,20-21,23-27,29,31-49,51-52,54-58H2,1-6H3,(H-,63,65,67,68)/b22-19-,30-28-,53-50+. The van der Waals surface area contributed by atoms with Gasteiger partial charge in [-0.05, 0) is 63.9 Å². The molecule has 0 aromatic rings. The van der Waals surface area contributed by atoms with Gasteiger partial charge >= 0.3 is 5.97 Å². The minimum Gasteiger partial charge on any atom is -0.756 e. The zero-order valence-corrected chi connectivity index (χ0v) is 49.3. The highest BCUT2D eigenvalue weighted by Crippen LogP contribution is 2.38. The number of likely N-dealkylation sites (N-methyl/N-ethyl adjacent to an activating group) is 1. The van der Waals surface area contributed by atoms with Crippen molar-refractivity contribution in [3.8, 4) is 0 Å². The largest absolute Gasteiger partial charge is 0.756 e. The lowest BCUT2D eigenvalue weighted by atomic mass is 10.0. The van der Waals surface area contributed by atoms with Crippen molar-refractivity contribution >= 4 is 19.7 Å². The Morgan fingerprint density at radius 1 is 0.486 bits per heavy atom. The number of allylic oxidation sites excluding steroid dienone is 5. The fourth-order valence-corrected chi connectivity index (χ4v) is 9.75. The van der Waals surface area contributed by atoms with Gasteiger partial charge in [-0.15, -0.1) is 0 Å². The van der Waals surface area contributed by atoms with E-state index in [-0.39, 0.29) is 31.5 Å². The maximum absolute atomic E-state index is 13.5. The Kier molecular flexibility index (Phi) is 51.4. The van der Waals surface area contributed by atoms with Crippen molar-refractivity contribution in [1.82, 2.24) is 5.32 Å². The van der Waals surface area contributed by atoms with Gasteiger partial charge in [0.25, 0.3) is 7.82 Å². The van der Waals surface area contributed by atoms with Crippen LogP contribution in [0.4, 0.5) is 0 Å². The molecule has 0 fully saturated rings. The molecule has 0 spiro atoms. The van der Waals surface area contributed by atoms with Crippen LogP contribution < -0.4 is 10.2 Å². The summed E-state index contributed by atoms with van der Waals surface area (Å²) in [5, 5.41) is 3.03.